The van der Waals surface area contributed by atoms with Gasteiger partial charge in [-0.1, -0.05) is 36.7 Å². The number of nitrogens with one attached hydrogen (secondary N) is 1. The van der Waals surface area contributed by atoms with E-state index in [1.165, 1.54) is 6.07 Å². The summed E-state index contributed by atoms with van der Waals surface area (Å²) >= 11 is 3.29. The summed E-state index contributed by atoms with van der Waals surface area (Å²) in [6, 6.07) is 5.22. The average Bonchev–Trinajstić information content (AvgIpc) is 2.59. The van der Waals surface area contributed by atoms with Crippen molar-refractivity contribution in [1.29, 1.82) is 0 Å². The van der Waals surface area contributed by atoms with Crippen LogP contribution in [0.15, 0.2) is 27.1 Å². The maximum absolute atomic E-state index is 13.8. The second kappa shape index (κ2) is 4.67. The topological polar surface area (TPSA) is 25.2 Å². The molecule has 1 heterocycles. The summed E-state index contributed by atoms with van der Waals surface area (Å²) in [6.07, 6.45) is 0. The van der Waals surface area contributed by atoms with Crippen molar-refractivity contribution in [3.63, 3.8) is 0 Å². The zero-order valence-electron chi connectivity index (χ0n) is 11.0. The van der Waals surface area contributed by atoms with Crippen LogP contribution in [-0.4, -0.2) is 7.05 Å². The van der Waals surface area contributed by atoms with Gasteiger partial charge in [0.15, 0.2) is 11.4 Å². The van der Waals surface area contributed by atoms with Crippen LogP contribution in [0.1, 0.15) is 32.6 Å². The Labute approximate surface area is 115 Å². The maximum Gasteiger partial charge on any atom is 0.170 e. The van der Waals surface area contributed by atoms with E-state index in [-0.39, 0.29) is 17.3 Å². The van der Waals surface area contributed by atoms with E-state index in [1.807, 2.05) is 19.2 Å². The molecule has 4 heteroatoms. The third kappa shape index (κ3) is 2.45. The molecule has 0 spiro atoms. The summed E-state index contributed by atoms with van der Waals surface area (Å²) in [7, 11) is 1.88. The molecule has 1 atom stereocenters. The Kier molecular flexibility index (Phi) is 3.52. The van der Waals surface area contributed by atoms with Crippen molar-refractivity contribution in [2.75, 3.05) is 7.05 Å². The van der Waals surface area contributed by atoms with Crippen LogP contribution in [0.5, 0.6) is 0 Å². The van der Waals surface area contributed by atoms with Gasteiger partial charge in [0.1, 0.15) is 5.76 Å². The zero-order valence-corrected chi connectivity index (χ0v) is 12.6. The Morgan fingerprint density at radius 1 is 1.28 bits per heavy atom. The van der Waals surface area contributed by atoms with Gasteiger partial charge in [-0.25, -0.2) is 4.39 Å². The largest absolute Gasteiger partial charge is 0.456 e. The molecule has 98 valence electrons. The number of rotatable bonds is 2. The van der Waals surface area contributed by atoms with Crippen LogP contribution in [0, 0.1) is 11.2 Å². The fourth-order valence-corrected chi connectivity index (χ4v) is 2.69. The highest BCUT2D eigenvalue weighted by molar-refractivity contribution is 9.10. The van der Waals surface area contributed by atoms with Crippen molar-refractivity contribution in [2.45, 2.75) is 26.8 Å². The molecule has 18 heavy (non-hydrogen) atoms. The first-order valence-electron chi connectivity index (χ1n) is 5.88. The van der Waals surface area contributed by atoms with Crippen LogP contribution >= 0.6 is 15.9 Å². The van der Waals surface area contributed by atoms with Crippen molar-refractivity contribution in [2.24, 2.45) is 5.41 Å². The van der Waals surface area contributed by atoms with Crippen molar-refractivity contribution in [3.05, 3.63) is 34.2 Å². The molecule has 0 saturated heterocycles. The summed E-state index contributed by atoms with van der Waals surface area (Å²) in [5.41, 5.74) is 0.314. The highest BCUT2D eigenvalue weighted by Crippen LogP contribution is 2.36. The molecule has 0 fully saturated rings. The number of furan rings is 1. The Balaban J connectivity index is 2.56. The Hall–Kier alpha value is -0.870. The molecule has 0 aliphatic rings. The summed E-state index contributed by atoms with van der Waals surface area (Å²) < 4.78 is 20.2. The monoisotopic (exact) mass is 313 g/mol. The van der Waals surface area contributed by atoms with Crippen LogP contribution < -0.4 is 5.32 Å². The Morgan fingerprint density at radius 2 is 1.94 bits per heavy atom. The quantitative estimate of drug-likeness (QED) is 0.873. The minimum Gasteiger partial charge on any atom is -0.456 e. The fraction of sp³-hybridized carbons (Fsp3) is 0.429. The number of hydrogen-bond acceptors (Lipinski definition) is 2. The lowest BCUT2D eigenvalue weighted by atomic mass is 9.85. The van der Waals surface area contributed by atoms with Crippen LogP contribution in [0.25, 0.3) is 11.0 Å². The predicted molar refractivity (Wildman–Crippen MR) is 75.1 cm³/mol. The van der Waals surface area contributed by atoms with E-state index in [4.69, 9.17) is 4.42 Å². The van der Waals surface area contributed by atoms with E-state index in [0.717, 1.165) is 15.6 Å². The van der Waals surface area contributed by atoms with Crippen LogP contribution in [-0.2, 0) is 0 Å². The Morgan fingerprint density at radius 3 is 2.50 bits per heavy atom. The first kappa shape index (κ1) is 13.6. The normalized spacial score (nSPS) is 14.1. The van der Waals surface area contributed by atoms with Gasteiger partial charge in [0.2, 0.25) is 0 Å². The molecule has 2 aromatic rings. The smallest absolute Gasteiger partial charge is 0.170 e. The van der Waals surface area contributed by atoms with E-state index in [2.05, 4.69) is 42.0 Å². The zero-order chi connectivity index (χ0) is 13.5. The molecular formula is C14H17BrFNO. The molecule has 0 amide bonds. The molecule has 0 radical (unpaired) electrons. The second-order valence-electron chi connectivity index (χ2n) is 5.54. The number of fused-ring (bicyclic) bond motifs is 1. The minimum atomic E-state index is -0.339. The molecule has 0 saturated carbocycles. The maximum atomic E-state index is 13.8. The van der Waals surface area contributed by atoms with Crippen molar-refractivity contribution in [3.8, 4) is 0 Å². The molecule has 1 aromatic heterocycles. The lowest BCUT2D eigenvalue weighted by molar-refractivity contribution is 0.253. The van der Waals surface area contributed by atoms with E-state index in [0.29, 0.717) is 5.58 Å². The summed E-state index contributed by atoms with van der Waals surface area (Å²) in [4.78, 5) is 0. The van der Waals surface area contributed by atoms with Crippen LogP contribution in [0.4, 0.5) is 4.39 Å². The van der Waals surface area contributed by atoms with Gasteiger partial charge in [0.05, 0.1) is 6.04 Å². The lowest BCUT2D eigenvalue weighted by Crippen LogP contribution is -2.29. The van der Waals surface area contributed by atoms with Gasteiger partial charge < -0.3 is 9.73 Å². The van der Waals surface area contributed by atoms with Crippen molar-refractivity contribution in [1.82, 2.24) is 5.32 Å². The molecular weight excluding hydrogens is 297 g/mol. The third-order valence-corrected chi connectivity index (χ3v) is 3.45. The number of hydrogen-bond donors (Lipinski definition) is 1. The predicted octanol–water partition coefficient (Wildman–Crippen LogP) is 4.64. The lowest BCUT2D eigenvalue weighted by Gasteiger charge is -2.28. The average molecular weight is 314 g/mol. The highest BCUT2D eigenvalue weighted by Gasteiger charge is 2.28. The van der Waals surface area contributed by atoms with E-state index in [1.54, 1.807) is 0 Å². The van der Waals surface area contributed by atoms with Gasteiger partial charge in [0, 0.05) is 9.86 Å². The Bertz CT molecular complexity index is 571. The van der Waals surface area contributed by atoms with Crippen LogP contribution in [0.3, 0.4) is 0 Å². The second-order valence-corrected chi connectivity index (χ2v) is 6.46. The molecule has 0 aliphatic heterocycles. The molecule has 0 aliphatic carbocycles. The van der Waals surface area contributed by atoms with Gasteiger partial charge in [-0.3, -0.25) is 0 Å². The minimum absolute atomic E-state index is 0.00364. The van der Waals surface area contributed by atoms with Gasteiger partial charge >= 0.3 is 0 Å². The molecule has 2 nitrogen and oxygen atoms in total. The van der Waals surface area contributed by atoms with E-state index in [9.17, 15) is 4.39 Å². The molecule has 1 N–H and O–H groups in total. The molecule has 1 unspecified atom stereocenters. The van der Waals surface area contributed by atoms with Crippen molar-refractivity contribution < 1.29 is 8.81 Å². The van der Waals surface area contributed by atoms with Gasteiger partial charge in [-0.15, -0.1) is 0 Å². The number of benzene rings is 1. The SMILES string of the molecule is CNC(c1cc2cc(Br)cc(F)c2o1)C(C)(C)C. The van der Waals surface area contributed by atoms with Gasteiger partial charge in [-0.05, 0) is 30.7 Å². The molecule has 2 rings (SSSR count). The summed E-state index contributed by atoms with van der Waals surface area (Å²) in [5, 5.41) is 4.00. The van der Waals surface area contributed by atoms with Gasteiger partial charge in [-0.2, -0.15) is 0 Å². The standard InChI is InChI=1S/C14H17BrFNO/c1-14(2,3)13(17-4)11-6-8-5-9(15)7-10(16)12(8)18-11/h5-7,13,17H,1-4H3. The van der Waals surface area contributed by atoms with E-state index < -0.39 is 0 Å². The number of halogens is 2. The fourth-order valence-electron chi connectivity index (χ4n) is 2.24. The van der Waals surface area contributed by atoms with Crippen molar-refractivity contribution >= 4 is 26.9 Å². The summed E-state index contributed by atoms with van der Waals surface area (Å²) in [6.45, 7) is 6.36. The third-order valence-electron chi connectivity index (χ3n) is 2.99. The first-order valence-corrected chi connectivity index (χ1v) is 6.68. The molecule has 0 bridgehead atoms. The summed E-state index contributed by atoms with van der Waals surface area (Å²) in [5.74, 6) is 0.423. The van der Waals surface area contributed by atoms with Gasteiger partial charge in [0.25, 0.3) is 0 Å². The van der Waals surface area contributed by atoms with E-state index >= 15 is 0 Å². The molecule has 1 aromatic carbocycles. The van der Waals surface area contributed by atoms with Crippen LogP contribution in [0.2, 0.25) is 0 Å². The highest BCUT2D eigenvalue weighted by atomic mass is 79.9. The first-order chi connectivity index (χ1) is 8.32.